The van der Waals surface area contributed by atoms with Gasteiger partial charge < -0.3 is 10.6 Å². The molecule has 0 saturated carbocycles. The van der Waals surface area contributed by atoms with Gasteiger partial charge in [0.25, 0.3) is 0 Å². The number of benzene rings is 1. The fourth-order valence-corrected chi connectivity index (χ4v) is 1.58. The topological polar surface area (TPSA) is 46.3 Å². The highest BCUT2D eigenvalue weighted by Gasteiger charge is 2.21. The van der Waals surface area contributed by atoms with E-state index in [2.05, 4.69) is 0 Å². The summed E-state index contributed by atoms with van der Waals surface area (Å²) in [5.74, 6) is -0.00106. The van der Waals surface area contributed by atoms with Gasteiger partial charge in [-0.25, -0.2) is 0 Å². The van der Waals surface area contributed by atoms with Gasteiger partial charge in [-0.15, -0.1) is 12.4 Å². The highest BCUT2D eigenvalue weighted by molar-refractivity contribution is 5.85. The monoisotopic (exact) mass is 256 g/mol. The quantitative estimate of drug-likeness (QED) is 0.899. The van der Waals surface area contributed by atoms with Crippen molar-refractivity contribution >= 4 is 18.3 Å². The van der Waals surface area contributed by atoms with Crippen molar-refractivity contribution in [1.82, 2.24) is 4.90 Å². The predicted molar refractivity (Wildman–Crippen MR) is 73.1 cm³/mol. The maximum absolute atomic E-state index is 11.9. The minimum atomic E-state index is -0.392. The first-order chi connectivity index (χ1) is 7.57. The van der Waals surface area contributed by atoms with Crippen molar-refractivity contribution in [3.8, 4) is 0 Å². The third-order valence-electron chi connectivity index (χ3n) is 2.97. The summed E-state index contributed by atoms with van der Waals surface area (Å²) >= 11 is 0. The van der Waals surface area contributed by atoms with Crippen LogP contribution in [-0.4, -0.2) is 23.9 Å². The number of halogens is 1. The standard InChI is InChI=1S/C13H20N2O.ClH/c1-4-12(14)13(16)15(3)10(2)11-8-6-5-7-9-11;/h5-10,12H,4,14H2,1-3H3;1H/t10?,12-;/m0./s1. The van der Waals surface area contributed by atoms with Gasteiger partial charge in [-0.2, -0.15) is 0 Å². The molecular formula is C13H21ClN2O. The molecule has 1 rings (SSSR count). The lowest BCUT2D eigenvalue weighted by Gasteiger charge is -2.27. The summed E-state index contributed by atoms with van der Waals surface area (Å²) in [5.41, 5.74) is 6.87. The summed E-state index contributed by atoms with van der Waals surface area (Å²) in [6.07, 6.45) is 0.671. The Hall–Kier alpha value is -1.06. The fourth-order valence-electron chi connectivity index (χ4n) is 1.58. The first kappa shape index (κ1) is 15.9. The highest BCUT2D eigenvalue weighted by Crippen LogP contribution is 2.18. The van der Waals surface area contributed by atoms with E-state index in [1.165, 1.54) is 0 Å². The Labute approximate surface area is 109 Å². The minimum Gasteiger partial charge on any atom is -0.338 e. The van der Waals surface area contributed by atoms with Gasteiger partial charge in [-0.1, -0.05) is 37.3 Å². The number of nitrogens with zero attached hydrogens (tertiary/aromatic N) is 1. The van der Waals surface area contributed by atoms with E-state index in [0.717, 1.165) is 5.56 Å². The summed E-state index contributed by atoms with van der Waals surface area (Å²) in [6.45, 7) is 3.93. The largest absolute Gasteiger partial charge is 0.338 e. The molecule has 0 bridgehead atoms. The smallest absolute Gasteiger partial charge is 0.239 e. The number of carbonyl (C=O) groups excluding carboxylic acids is 1. The number of rotatable bonds is 4. The van der Waals surface area contributed by atoms with Crippen LogP contribution in [0.2, 0.25) is 0 Å². The SMILES string of the molecule is CC[C@H](N)C(=O)N(C)C(C)c1ccccc1.Cl. The number of likely N-dealkylation sites (N-methyl/N-ethyl adjacent to an activating group) is 1. The Balaban J connectivity index is 0.00000256. The molecule has 1 aromatic carbocycles. The van der Waals surface area contributed by atoms with E-state index in [0.29, 0.717) is 6.42 Å². The van der Waals surface area contributed by atoms with Crippen LogP contribution in [0.4, 0.5) is 0 Å². The Kier molecular flexibility index (Phi) is 6.85. The van der Waals surface area contributed by atoms with Gasteiger partial charge in [0.1, 0.15) is 0 Å². The highest BCUT2D eigenvalue weighted by atomic mass is 35.5. The van der Waals surface area contributed by atoms with E-state index in [4.69, 9.17) is 5.73 Å². The third-order valence-corrected chi connectivity index (χ3v) is 2.97. The van der Waals surface area contributed by atoms with Crippen molar-refractivity contribution in [3.63, 3.8) is 0 Å². The first-order valence-corrected chi connectivity index (χ1v) is 5.65. The van der Waals surface area contributed by atoms with Crippen molar-refractivity contribution in [3.05, 3.63) is 35.9 Å². The molecule has 0 heterocycles. The molecule has 2 atom stereocenters. The lowest BCUT2D eigenvalue weighted by atomic mass is 10.1. The van der Waals surface area contributed by atoms with Crippen molar-refractivity contribution in [2.45, 2.75) is 32.4 Å². The molecule has 17 heavy (non-hydrogen) atoms. The molecule has 0 radical (unpaired) electrons. The molecular weight excluding hydrogens is 236 g/mol. The second kappa shape index (κ2) is 7.30. The van der Waals surface area contributed by atoms with Crippen molar-refractivity contribution in [2.24, 2.45) is 5.73 Å². The van der Waals surface area contributed by atoms with Crippen molar-refractivity contribution < 1.29 is 4.79 Å². The van der Waals surface area contributed by atoms with Crippen LogP contribution < -0.4 is 5.73 Å². The average molecular weight is 257 g/mol. The summed E-state index contributed by atoms with van der Waals surface area (Å²) < 4.78 is 0. The molecule has 0 fully saturated rings. The fraction of sp³-hybridized carbons (Fsp3) is 0.462. The van der Waals surface area contributed by atoms with Gasteiger partial charge >= 0.3 is 0 Å². The van der Waals surface area contributed by atoms with E-state index >= 15 is 0 Å². The van der Waals surface area contributed by atoms with Crippen LogP contribution in [0.1, 0.15) is 31.9 Å². The number of hydrogen-bond donors (Lipinski definition) is 1. The average Bonchev–Trinajstić information content (AvgIpc) is 2.36. The number of nitrogens with two attached hydrogens (primary N) is 1. The first-order valence-electron chi connectivity index (χ1n) is 5.65. The molecule has 0 aliphatic carbocycles. The molecule has 3 nitrogen and oxygen atoms in total. The lowest BCUT2D eigenvalue weighted by Crippen LogP contribution is -2.42. The van der Waals surface area contributed by atoms with Gasteiger partial charge in [0.15, 0.2) is 0 Å². The minimum absolute atomic E-state index is 0. The Morgan fingerprint density at radius 2 is 1.88 bits per heavy atom. The van der Waals surface area contributed by atoms with E-state index in [-0.39, 0.29) is 24.4 Å². The molecule has 0 aliphatic rings. The lowest BCUT2D eigenvalue weighted by molar-refractivity contribution is -0.133. The van der Waals surface area contributed by atoms with E-state index in [1.54, 1.807) is 11.9 Å². The van der Waals surface area contributed by atoms with Crippen LogP contribution >= 0.6 is 12.4 Å². The molecule has 0 saturated heterocycles. The molecule has 2 N–H and O–H groups in total. The Bertz CT molecular complexity index is 343. The van der Waals surface area contributed by atoms with Crippen LogP contribution in [0.25, 0.3) is 0 Å². The number of carbonyl (C=O) groups is 1. The van der Waals surface area contributed by atoms with Crippen molar-refractivity contribution in [1.29, 1.82) is 0 Å². The Morgan fingerprint density at radius 3 is 2.35 bits per heavy atom. The van der Waals surface area contributed by atoms with E-state index in [1.807, 2.05) is 44.2 Å². The van der Waals surface area contributed by atoms with Crippen LogP contribution in [0.3, 0.4) is 0 Å². The summed E-state index contributed by atoms with van der Waals surface area (Å²) in [5, 5.41) is 0. The second-order valence-electron chi connectivity index (χ2n) is 4.05. The summed E-state index contributed by atoms with van der Waals surface area (Å²) in [4.78, 5) is 13.6. The molecule has 0 aliphatic heterocycles. The molecule has 0 aromatic heterocycles. The van der Waals surface area contributed by atoms with Gasteiger partial charge in [0.2, 0.25) is 5.91 Å². The van der Waals surface area contributed by atoms with Crippen LogP contribution in [0.15, 0.2) is 30.3 Å². The van der Waals surface area contributed by atoms with Crippen LogP contribution in [0, 0.1) is 0 Å². The van der Waals surface area contributed by atoms with Crippen molar-refractivity contribution in [2.75, 3.05) is 7.05 Å². The normalized spacial score (nSPS) is 13.4. The maximum atomic E-state index is 11.9. The molecule has 1 aromatic rings. The molecule has 96 valence electrons. The zero-order valence-corrected chi connectivity index (χ0v) is 11.4. The predicted octanol–water partition coefficient (Wildman–Crippen LogP) is 2.37. The molecule has 1 unspecified atom stereocenters. The van der Waals surface area contributed by atoms with Gasteiger partial charge in [0, 0.05) is 7.05 Å². The zero-order chi connectivity index (χ0) is 12.1. The summed E-state index contributed by atoms with van der Waals surface area (Å²) in [7, 11) is 1.80. The second-order valence-corrected chi connectivity index (χ2v) is 4.05. The number of hydrogen-bond acceptors (Lipinski definition) is 2. The molecule has 1 amide bonds. The van der Waals surface area contributed by atoms with Crippen LogP contribution in [0.5, 0.6) is 0 Å². The van der Waals surface area contributed by atoms with Gasteiger partial charge in [-0.05, 0) is 18.9 Å². The third kappa shape index (κ3) is 4.02. The number of amides is 1. The van der Waals surface area contributed by atoms with Gasteiger partial charge in [-0.3, -0.25) is 4.79 Å². The van der Waals surface area contributed by atoms with E-state index in [9.17, 15) is 4.79 Å². The van der Waals surface area contributed by atoms with Crippen LogP contribution in [-0.2, 0) is 4.79 Å². The maximum Gasteiger partial charge on any atom is 0.239 e. The molecule has 4 heteroatoms. The summed E-state index contributed by atoms with van der Waals surface area (Å²) in [6, 6.07) is 9.63. The Morgan fingerprint density at radius 1 is 1.35 bits per heavy atom. The molecule has 0 spiro atoms. The zero-order valence-electron chi connectivity index (χ0n) is 10.6. The van der Waals surface area contributed by atoms with Gasteiger partial charge in [0.05, 0.1) is 12.1 Å². The van der Waals surface area contributed by atoms with E-state index < -0.39 is 6.04 Å².